The van der Waals surface area contributed by atoms with E-state index < -0.39 is 24.7 Å². The number of nitrogens with one attached hydrogen (secondary N) is 1. The molecule has 7 heteroatoms. The standard InChI is InChI=1S/C14H23F3N2O2/c1-4-6-10-13(21)19(8-5-7-14(15,16)17)11(9(2)3)12(20)18-10/h9-11H,4-8H2,1-3H3,(H,18,20). The van der Waals surface area contributed by atoms with E-state index in [4.69, 9.17) is 0 Å². The molecule has 1 aliphatic rings. The number of hydrogen-bond donors (Lipinski definition) is 1. The van der Waals surface area contributed by atoms with Crippen LogP contribution in [0, 0.1) is 5.92 Å². The summed E-state index contributed by atoms with van der Waals surface area (Å²) in [5.74, 6) is -0.671. The van der Waals surface area contributed by atoms with E-state index in [9.17, 15) is 22.8 Å². The fraction of sp³-hybridized carbons (Fsp3) is 0.857. The Bertz CT molecular complexity index is 383. The zero-order valence-corrected chi connectivity index (χ0v) is 12.7. The van der Waals surface area contributed by atoms with E-state index in [0.717, 1.165) is 6.42 Å². The zero-order chi connectivity index (χ0) is 16.2. The summed E-state index contributed by atoms with van der Waals surface area (Å²) in [4.78, 5) is 25.8. The number of amides is 2. The second-order valence-corrected chi connectivity index (χ2v) is 5.79. The van der Waals surface area contributed by atoms with Crippen LogP contribution in [0.5, 0.6) is 0 Å². The molecule has 1 rings (SSSR count). The SMILES string of the molecule is CCCC1NC(=O)C(C(C)C)N(CCCC(F)(F)F)C1=O. The van der Waals surface area contributed by atoms with E-state index in [1.807, 2.05) is 6.92 Å². The smallest absolute Gasteiger partial charge is 0.342 e. The predicted molar refractivity (Wildman–Crippen MR) is 72.5 cm³/mol. The van der Waals surface area contributed by atoms with Gasteiger partial charge < -0.3 is 10.2 Å². The summed E-state index contributed by atoms with van der Waals surface area (Å²) >= 11 is 0. The van der Waals surface area contributed by atoms with Crippen LogP contribution in [-0.2, 0) is 9.59 Å². The Balaban J connectivity index is 2.80. The molecule has 0 radical (unpaired) electrons. The average molecular weight is 308 g/mol. The van der Waals surface area contributed by atoms with Crippen LogP contribution in [0.25, 0.3) is 0 Å². The Kier molecular flexibility index (Phi) is 6.04. The molecule has 0 spiro atoms. The number of nitrogens with zero attached hydrogens (tertiary/aromatic N) is 1. The van der Waals surface area contributed by atoms with Gasteiger partial charge in [0.1, 0.15) is 12.1 Å². The molecule has 0 saturated carbocycles. The van der Waals surface area contributed by atoms with Gasteiger partial charge in [-0.25, -0.2) is 0 Å². The third-order valence-electron chi connectivity index (χ3n) is 3.57. The van der Waals surface area contributed by atoms with Crippen LogP contribution in [0.4, 0.5) is 13.2 Å². The number of carbonyl (C=O) groups excluding carboxylic acids is 2. The van der Waals surface area contributed by atoms with E-state index >= 15 is 0 Å². The molecular weight excluding hydrogens is 285 g/mol. The van der Waals surface area contributed by atoms with E-state index in [1.165, 1.54) is 4.90 Å². The lowest BCUT2D eigenvalue weighted by Gasteiger charge is -2.41. The fourth-order valence-electron chi connectivity index (χ4n) is 2.64. The van der Waals surface area contributed by atoms with Gasteiger partial charge >= 0.3 is 6.18 Å². The van der Waals surface area contributed by atoms with Gasteiger partial charge in [0.2, 0.25) is 11.8 Å². The van der Waals surface area contributed by atoms with Crippen molar-refractivity contribution in [3.63, 3.8) is 0 Å². The maximum absolute atomic E-state index is 12.4. The van der Waals surface area contributed by atoms with Crippen molar-refractivity contribution in [3.8, 4) is 0 Å². The third-order valence-corrected chi connectivity index (χ3v) is 3.57. The van der Waals surface area contributed by atoms with E-state index in [0.29, 0.717) is 6.42 Å². The first kappa shape index (κ1) is 17.8. The molecule has 2 amide bonds. The largest absolute Gasteiger partial charge is 0.389 e. The summed E-state index contributed by atoms with van der Waals surface area (Å²) in [6.45, 7) is 5.43. The first-order chi connectivity index (χ1) is 9.67. The summed E-state index contributed by atoms with van der Waals surface area (Å²) in [6.07, 6.45) is -4.13. The van der Waals surface area contributed by atoms with Gasteiger partial charge in [-0.3, -0.25) is 9.59 Å². The number of hydrogen-bond acceptors (Lipinski definition) is 2. The molecule has 1 N–H and O–H groups in total. The molecule has 1 saturated heterocycles. The minimum absolute atomic E-state index is 0.0329. The molecule has 0 aromatic rings. The fourth-order valence-corrected chi connectivity index (χ4v) is 2.64. The third kappa shape index (κ3) is 4.89. The number of halogens is 3. The topological polar surface area (TPSA) is 49.4 Å². The van der Waals surface area contributed by atoms with Crippen molar-refractivity contribution in [1.29, 1.82) is 0 Å². The molecule has 0 aromatic carbocycles. The number of piperazine rings is 1. The molecule has 1 fully saturated rings. The van der Waals surface area contributed by atoms with Crippen molar-refractivity contribution in [2.24, 2.45) is 5.92 Å². The number of rotatable bonds is 6. The Morgan fingerprint density at radius 3 is 2.38 bits per heavy atom. The van der Waals surface area contributed by atoms with Crippen LogP contribution in [0.15, 0.2) is 0 Å². The highest BCUT2D eigenvalue weighted by Crippen LogP contribution is 2.24. The molecule has 2 unspecified atom stereocenters. The van der Waals surface area contributed by atoms with Gasteiger partial charge in [0.15, 0.2) is 0 Å². The lowest BCUT2D eigenvalue weighted by atomic mass is 9.95. The van der Waals surface area contributed by atoms with Crippen LogP contribution in [0.3, 0.4) is 0 Å². The van der Waals surface area contributed by atoms with E-state index in [-0.39, 0.29) is 30.7 Å². The molecule has 0 bridgehead atoms. The average Bonchev–Trinajstić information content (AvgIpc) is 2.33. The predicted octanol–water partition coefficient (Wildman–Crippen LogP) is 2.48. The highest BCUT2D eigenvalue weighted by atomic mass is 19.4. The Morgan fingerprint density at radius 2 is 1.90 bits per heavy atom. The quantitative estimate of drug-likeness (QED) is 0.819. The van der Waals surface area contributed by atoms with Gasteiger partial charge in [-0.2, -0.15) is 13.2 Å². The number of alkyl halides is 3. The Hall–Kier alpha value is -1.27. The highest BCUT2D eigenvalue weighted by molar-refractivity contribution is 5.97. The van der Waals surface area contributed by atoms with Crippen LogP contribution in [0.2, 0.25) is 0 Å². The summed E-state index contributed by atoms with van der Waals surface area (Å²) in [5, 5.41) is 2.68. The van der Waals surface area contributed by atoms with Crippen LogP contribution in [0.1, 0.15) is 46.5 Å². The van der Waals surface area contributed by atoms with Crippen molar-refractivity contribution in [2.45, 2.75) is 64.7 Å². The lowest BCUT2D eigenvalue weighted by molar-refractivity contribution is -0.153. The molecule has 0 aliphatic carbocycles. The monoisotopic (exact) mass is 308 g/mol. The summed E-state index contributed by atoms with van der Waals surface area (Å²) in [5.41, 5.74) is 0. The van der Waals surface area contributed by atoms with Crippen molar-refractivity contribution < 1.29 is 22.8 Å². The second-order valence-electron chi connectivity index (χ2n) is 5.79. The van der Waals surface area contributed by atoms with Gasteiger partial charge in [-0.1, -0.05) is 27.2 Å². The summed E-state index contributed by atoms with van der Waals surface area (Å²) in [6, 6.07) is -1.29. The molecule has 21 heavy (non-hydrogen) atoms. The summed E-state index contributed by atoms with van der Waals surface area (Å²) in [7, 11) is 0. The van der Waals surface area contributed by atoms with Gasteiger partial charge in [0.05, 0.1) is 0 Å². The van der Waals surface area contributed by atoms with Crippen LogP contribution >= 0.6 is 0 Å². The van der Waals surface area contributed by atoms with Gasteiger partial charge in [0, 0.05) is 13.0 Å². The van der Waals surface area contributed by atoms with Crippen molar-refractivity contribution in [3.05, 3.63) is 0 Å². The molecule has 1 aliphatic heterocycles. The van der Waals surface area contributed by atoms with Gasteiger partial charge in [-0.05, 0) is 18.8 Å². The number of carbonyl (C=O) groups is 2. The van der Waals surface area contributed by atoms with Crippen molar-refractivity contribution in [1.82, 2.24) is 10.2 Å². The van der Waals surface area contributed by atoms with E-state index in [1.54, 1.807) is 13.8 Å². The van der Waals surface area contributed by atoms with Crippen molar-refractivity contribution >= 4 is 11.8 Å². The van der Waals surface area contributed by atoms with Crippen LogP contribution < -0.4 is 5.32 Å². The Morgan fingerprint density at radius 1 is 1.29 bits per heavy atom. The summed E-state index contributed by atoms with van der Waals surface area (Å²) < 4.78 is 36.8. The Labute approximate surface area is 123 Å². The first-order valence-corrected chi connectivity index (χ1v) is 7.35. The van der Waals surface area contributed by atoms with E-state index in [2.05, 4.69) is 5.32 Å². The highest BCUT2D eigenvalue weighted by Gasteiger charge is 2.41. The van der Waals surface area contributed by atoms with Crippen LogP contribution in [-0.4, -0.2) is 41.5 Å². The van der Waals surface area contributed by atoms with Crippen molar-refractivity contribution in [2.75, 3.05) is 6.54 Å². The zero-order valence-electron chi connectivity index (χ0n) is 12.7. The maximum Gasteiger partial charge on any atom is 0.389 e. The first-order valence-electron chi connectivity index (χ1n) is 7.35. The molecule has 4 nitrogen and oxygen atoms in total. The molecule has 1 heterocycles. The lowest BCUT2D eigenvalue weighted by Crippen LogP contribution is -2.64. The van der Waals surface area contributed by atoms with Gasteiger partial charge in [0.25, 0.3) is 0 Å². The minimum atomic E-state index is -4.24. The normalized spacial score (nSPS) is 23.7. The van der Waals surface area contributed by atoms with Gasteiger partial charge in [-0.15, -0.1) is 0 Å². The minimum Gasteiger partial charge on any atom is -0.342 e. The molecular formula is C14H23F3N2O2. The molecule has 2 atom stereocenters. The maximum atomic E-state index is 12.4. The molecule has 0 aromatic heterocycles. The molecule has 122 valence electrons. The second kappa shape index (κ2) is 7.13.